The van der Waals surface area contributed by atoms with Crippen LogP contribution in [0.2, 0.25) is 0 Å². The Balaban J connectivity index is 1.47. The van der Waals surface area contributed by atoms with Crippen molar-refractivity contribution in [1.82, 2.24) is 24.5 Å². The number of hydrogen-bond donors (Lipinski definition) is 0. The van der Waals surface area contributed by atoms with E-state index in [0.717, 1.165) is 10.6 Å². The molecule has 182 valence electrons. The summed E-state index contributed by atoms with van der Waals surface area (Å²) in [6.07, 6.45) is 1.07. The molecule has 0 bridgehead atoms. The maximum atomic E-state index is 13.4. The van der Waals surface area contributed by atoms with Crippen molar-refractivity contribution in [2.45, 2.75) is 32.0 Å². The Labute approximate surface area is 204 Å². The first kappa shape index (κ1) is 23.3. The van der Waals surface area contributed by atoms with E-state index < -0.39 is 24.7 Å². The van der Waals surface area contributed by atoms with E-state index in [2.05, 4.69) is 21.4 Å². The molecule has 1 amide bonds. The summed E-state index contributed by atoms with van der Waals surface area (Å²) in [6, 6.07) is 13.0. The van der Waals surface area contributed by atoms with E-state index in [4.69, 9.17) is 0 Å². The number of aryl methyl sites for hydroxylation is 2. The van der Waals surface area contributed by atoms with E-state index >= 15 is 0 Å². The third kappa shape index (κ3) is 4.45. The highest BCUT2D eigenvalue weighted by atomic mass is 19.4. The third-order valence-corrected chi connectivity index (χ3v) is 6.09. The third-order valence-electron chi connectivity index (χ3n) is 6.09. The number of amides is 1. The Morgan fingerprint density at radius 1 is 1.14 bits per heavy atom. The molecule has 1 atom stereocenters. The number of nitriles is 1. The van der Waals surface area contributed by atoms with Crippen molar-refractivity contribution in [3.05, 3.63) is 78.0 Å². The molecule has 2 aromatic carbocycles. The molecule has 2 aromatic heterocycles. The lowest BCUT2D eigenvalue weighted by Gasteiger charge is -2.26. The molecule has 0 saturated carbocycles. The standard InChI is InChI=1S/C25H20F3N7O/c1-16-12-33(15-30-16)21-8-7-18(10-19(21)11-29)20-13-35(32-31-20)23-9-6-17-4-2-3-5-22(17)34(24(23)36)14-25(26,27)28/h2-5,7-8,10,12-13,15,23H,6,9,14H2,1H3. The number of halogens is 3. The first-order chi connectivity index (χ1) is 17.2. The maximum absolute atomic E-state index is 13.4. The zero-order valence-electron chi connectivity index (χ0n) is 19.1. The maximum Gasteiger partial charge on any atom is 0.406 e. The van der Waals surface area contributed by atoms with Gasteiger partial charge in [-0.2, -0.15) is 18.4 Å². The quantitative estimate of drug-likeness (QED) is 0.422. The van der Waals surface area contributed by atoms with Crippen LogP contribution in [0.25, 0.3) is 16.9 Å². The Hall–Kier alpha value is -4.46. The first-order valence-electron chi connectivity index (χ1n) is 11.2. The number of hydrogen-bond acceptors (Lipinski definition) is 5. The lowest BCUT2D eigenvalue weighted by molar-refractivity contribution is -0.134. The smallest absolute Gasteiger partial charge is 0.305 e. The van der Waals surface area contributed by atoms with Gasteiger partial charge in [-0.25, -0.2) is 9.67 Å². The highest BCUT2D eigenvalue weighted by molar-refractivity contribution is 5.97. The summed E-state index contributed by atoms with van der Waals surface area (Å²) in [5.74, 6) is -0.697. The second kappa shape index (κ2) is 8.96. The van der Waals surface area contributed by atoms with Crippen molar-refractivity contribution in [1.29, 1.82) is 5.26 Å². The summed E-state index contributed by atoms with van der Waals surface area (Å²) in [6.45, 7) is 0.458. The number of benzene rings is 2. The molecule has 0 N–H and O–H groups in total. The number of nitrogens with zero attached hydrogens (tertiary/aromatic N) is 7. The van der Waals surface area contributed by atoms with E-state index in [0.29, 0.717) is 34.5 Å². The number of rotatable bonds is 4. The van der Waals surface area contributed by atoms with Gasteiger partial charge in [0.05, 0.1) is 29.5 Å². The SMILES string of the molecule is Cc1cn(-c2ccc(-c3cn(C4CCc5ccccc5N(CC(F)(F)F)C4=O)nn3)cc2C#N)cn1. The summed E-state index contributed by atoms with van der Waals surface area (Å²) in [4.78, 5) is 18.3. The van der Waals surface area contributed by atoms with Crippen molar-refractivity contribution < 1.29 is 18.0 Å². The number of fused-ring (bicyclic) bond motifs is 1. The monoisotopic (exact) mass is 491 g/mol. The van der Waals surface area contributed by atoms with E-state index in [1.165, 1.54) is 16.9 Å². The molecule has 5 rings (SSSR count). The average Bonchev–Trinajstić information content (AvgIpc) is 3.49. The molecule has 0 radical (unpaired) electrons. The van der Waals surface area contributed by atoms with Crippen LogP contribution >= 0.6 is 0 Å². The highest BCUT2D eigenvalue weighted by Crippen LogP contribution is 2.34. The second-order valence-electron chi connectivity index (χ2n) is 8.57. The largest absolute Gasteiger partial charge is 0.406 e. The molecule has 1 aliphatic rings. The molecule has 8 nitrogen and oxygen atoms in total. The molecule has 0 spiro atoms. The fourth-order valence-corrected chi connectivity index (χ4v) is 4.41. The lowest BCUT2D eigenvalue weighted by atomic mass is 10.1. The van der Waals surface area contributed by atoms with Gasteiger partial charge in [-0.3, -0.25) is 4.79 Å². The number of alkyl halides is 3. The second-order valence-corrected chi connectivity index (χ2v) is 8.57. The fourth-order valence-electron chi connectivity index (χ4n) is 4.41. The first-order valence-corrected chi connectivity index (χ1v) is 11.2. The molecule has 1 aliphatic heterocycles. The average molecular weight is 491 g/mol. The minimum Gasteiger partial charge on any atom is -0.305 e. The molecule has 0 aliphatic carbocycles. The van der Waals surface area contributed by atoms with Crippen molar-refractivity contribution in [2.75, 3.05) is 11.4 Å². The van der Waals surface area contributed by atoms with Crippen LogP contribution in [0.5, 0.6) is 0 Å². The fraction of sp³-hybridized carbons (Fsp3) is 0.240. The Bertz CT molecular complexity index is 1480. The highest BCUT2D eigenvalue weighted by Gasteiger charge is 2.39. The molecular formula is C25H20F3N7O. The van der Waals surface area contributed by atoms with Crippen molar-refractivity contribution in [3.63, 3.8) is 0 Å². The summed E-state index contributed by atoms with van der Waals surface area (Å²) in [5.41, 5.74) is 3.76. The van der Waals surface area contributed by atoms with E-state index in [9.17, 15) is 23.2 Å². The van der Waals surface area contributed by atoms with Crippen molar-refractivity contribution in [2.24, 2.45) is 0 Å². The van der Waals surface area contributed by atoms with Gasteiger partial charge in [-0.15, -0.1) is 5.10 Å². The summed E-state index contributed by atoms with van der Waals surface area (Å²) in [7, 11) is 0. The van der Waals surface area contributed by atoms with E-state index in [1.54, 1.807) is 53.5 Å². The zero-order valence-corrected chi connectivity index (χ0v) is 19.1. The molecule has 36 heavy (non-hydrogen) atoms. The minimum absolute atomic E-state index is 0.256. The van der Waals surface area contributed by atoms with Gasteiger partial charge in [0.25, 0.3) is 5.91 Å². The predicted molar refractivity (Wildman–Crippen MR) is 124 cm³/mol. The van der Waals surface area contributed by atoms with Gasteiger partial charge in [0.2, 0.25) is 0 Å². The van der Waals surface area contributed by atoms with Crippen LogP contribution in [0, 0.1) is 18.3 Å². The van der Waals surface area contributed by atoms with Gasteiger partial charge in [-0.05, 0) is 43.5 Å². The molecule has 1 unspecified atom stereocenters. The Morgan fingerprint density at radius 2 is 1.94 bits per heavy atom. The lowest BCUT2D eigenvalue weighted by Crippen LogP contribution is -2.42. The number of imidazole rings is 1. The molecule has 3 heterocycles. The molecule has 0 saturated heterocycles. The van der Waals surface area contributed by atoms with Crippen LogP contribution < -0.4 is 4.90 Å². The summed E-state index contributed by atoms with van der Waals surface area (Å²) < 4.78 is 43.1. The minimum atomic E-state index is -4.56. The summed E-state index contributed by atoms with van der Waals surface area (Å²) in [5, 5.41) is 17.9. The van der Waals surface area contributed by atoms with Crippen molar-refractivity contribution >= 4 is 11.6 Å². The summed E-state index contributed by atoms with van der Waals surface area (Å²) >= 11 is 0. The van der Waals surface area contributed by atoms with Gasteiger partial charge in [-0.1, -0.05) is 29.5 Å². The van der Waals surface area contributed by atoms with Gasteiger partial charge in [0.1, 0.15) is 24.3 Å². The predicted octanol–water partition coefficient (Wildman–Crippen LogP) is 4.39. The van der Waals surface area contributed by atoms with Gasteiger partial charge >= 0.3 is 6.18 Å². The van der Waals surface area contributed by atoms with Gasteiger partial charge < -0.3 is 9.47 Å². The van der Waals surface area contributed by atoms with Gasteiger partial charge in [0.15, 0.2) is 0 Å². The number of para-hydroxylation sites is 1. The van der Waals surface area contributed by atoms with Crippen LogP contribution in [0.1, 0.15) is 29.3 Å². The molecule has 4 aromatic rings. The Kier molecular flexibility index (Phi) is 5.80. The zero-order chi connectivity index (χ0) is 25.4. The number of aromatic nitrogens is 5. The van der Waals surface area contributed by atoms with E-state index in [1.807, 2.05) is 6.92 Å². The normalized spacial score (nSPS) is 15.9. The molecule has 0 fully saturated rings. The van der Waals surface area contributed by atoms with Gasteiger partial charge in [0, 0.05) is 17.4 Å². The van der Waals surface area contributed by atoms with Crippen molar-refractivity contribution in [3.8, 4) is 23.0 Å². The number of carbonyl (C=O) groups excluding carboxylic acids is 1. The number of anilines is 1. The van der Waals surface area contributed by atoms with Crippen LogP contribution in [0.4, 0.5) is 18.9 Å². The van der Waals surface area contributed by atoms with Crippen LogP contribution in [0.3, 0.4) is 0 Å². The Morgan fingerprint density at radius 3 is 2.67 bits per heavy atom. The van der Waals surface area contributed by atoms with Crippen LogP contribution in [0.15, 0.2) is 61.2 Å². The topological polar surface area (TPSA) is 92.6 Å². The van der Waals surface area contributed by atoms with Crippen LogP contribution in [-0.2, 0) is 11.2 Å². The number of carbonyl (C=O) groups is 1. The molecular weight excluding hydrogens is 471 g/mol. The van der Waals surface area contributed by atoms with E-state index in [-0.39, 0.29) is 12.1 Å². The molecule has 11 heteroatoms. The van der Waals surface area contributed by atoms with Crippen LogP contribution in [-0.4, -0.2) is 43.2 Å².